The van der Waals surface area contributed by atoms with Crippen LogP contribution in [0.15, 0.2) is 14.1 Å². The number of sulfonamides is 1. The molecule has 0 aliphatic carbocycles. The van der Waals surface area contributed by atoms with Gasteiger partial charge in [0.1, 0.15) is 10.3 Å². The van der Waals surface area contributed by atoms with E-state index in [0.29, 0.717) is 3.79 Å². The summed E-state index contributed by atoms with van der Waals surface area (Å²) in [4.78, 5) is 10.8. The summed E-state index contributed by atoms with van der Waals surface area (Å²) in [5.41, 5.74) is 0. The van der Waals surface area contributed by atoms with E-state index in [0.717, 1.165) is 11.3 Å². The number of aliphatic hydroxyl groups excluding tert-OH is 1. The fourth-order valence-corrected chi connectivity index (χ4v) is 4.72. The van der Waals surface area contributed by atoms with Gasteiger partial charge in [-0.1, -0.05) is 11.6 Å². The van der Waals surface area contributed by atoms with E-state index in [1.165, 1.54) is 13.0 Å². The Morgan fingerprint density at radius 1 is 1.61 bits per heavy atom. The molecule has 0 saturated carbocycles. The van der Waals surface area contributed by atoms with Crippen molar-refractivity contribution in [3.05, 3.63) is 14.9 Å². The van der Waals surface area contributed by atoms with Gasteiger partial charge in [-0.15, -0.1) is 11.3 Å². The van der Waals surface area contributed by atoms with Crippen LogP contribution in [0, 0.1) is 0 Å². The quantitative estimate of drug-likeness (QED) is 0.716. The predicted molar refractivity (Wildman–Crippen MR) is 70.5 cm³/mol. The number of carbonyl (C=O) groups is 1. The molecule has 0 spiro atoms. The Morgan fingerprint density at radius 3 is 2.50 bits per heavy atom. The molecule has 102 valence electrons. The SMILES string of the molecule is CC(O)C(NS(=O)(=O)c1cc(Cl)c(Br)s1)C(=O)O. The highest BCUT2D eigenvalue weighted by Gasteiger charge is 2.30. The maximum Gasteiger partial charge on any atom is 0.324 e. The summed E-state index contributed by atoms with van der Waals surface area (Å²) in [6, 6.07) is -0.422. The van der Waals surface area contributed by atoms with Crippen molar-refractivity contribution in [2.24, 2.45) is 0 Å². The lowest BCUT2D eigenvalue weighted by Gasteiger charge is -2.16. The molecule has 0 aliphatic rings. The maximum absolute atomic E-state index is 11.9. The summed E-state index contributed by atoms with van der Waals surface area (Å²) < 4.78 is 25.9. The van der Waals surface area contributed by atoms with Crippen molar-refractivity contribution in [1.29, 1.82) is 0 Å². The van der Waals surface area contributed by atoms with E-state index in [-0.39, 0.29) is 9.23 Å². The highest BCUT2D eigenvalue weighted by Crippen LogP contribution is 2.34. The molecule has 0 bridgehead atoms. The van der Waals surface area contributed by atoms with E-state index >= 15 is 0 Å². The number of thiophene rings is 1. The second-order valence-electron chi connectivity index (χ2n) is 3.36. The maximum atomic E-state index is 11.9. The minimum atomic E-state index is -4.04. The van der Waals surface area contributed by atoms with Crippen molar-refractivity contribution in [2.75, 3.05) is 0 Å². The van der Waals surface area contributed by atoms with Crippen LogP contribution in [0.2, 0.25) is 5.02 Å². The molecule has 0 aliphatic heterocycles. The van der Waals surface area contributed by atoms with Gasteiger partial charge in [0.05, 0.1) is 14.9 Å². The van der Waals surface area contributed by atoms with Gasteiger partial charge in [-0.3, -0.25) is 4.79 Å². The van der Waals surface area contributed by atoms with Gasteiger partial charge in [0.25, 0.3) is 10.0 Å². The van der Waals surface area contributed by atoms with Gasteiger partial charge in [0.15, 0.2) is 0 Å². The van der Waals surface area contributed by atoms with E-state index < -0.39 is 28.1 Å². The molecule has 1 aromatic rings. The lowest BCUT2D eigenvalue weighted by atomic mass is 10.2. The third-order valence-electron chi connectivity index (χ3n) is 1.92. The van der Waals surface area contributed by atoms with Crippen molar-refractivity contribution in [3.8, 4) is 0 Å². The van der Waals surface area contributed by atoms with Gasteiger partial charge in [-0.25, -0.2) is 8.42 Å². The second kappa shape index (κ2) is 5.85. The number of carboxylic acid groups (broad SMARTS) is 1. The monoisotopic (exact) mass is 377 g/mol. The number of halogens is 2. The molecule has 6 nitrogen and oxygen atoms in total. The average Bonchev–Trinajstić information content (AvgIpc) is 2.56. The lowest BCUT2D eigenvalue weighted by Crippen LogP contribution is -2.47. The Hall–Kier alpha value is -0.190. The number of aliphatic hydroxyl groups is 1. The summed E-state index contributed by atoms with van der Waals surface area (Å²) in [6.45, 7) is 1.18. The number of rotatable bonds is 5. The minimum Gasteiger partial charge on any atom is -0.480 e. The van der Waals surface area contributed by atoms with Crippen molar-refractivity contribution in [1.82, 2.24) is 4.72 Å². The highest BCUT2D eigenvalue weighted by molar-refractivity contribution is 9.11. The predicted octanol–water partition coefficient (Wildman–Crippen LogP) is 1.28. The zero-order chi connectivity index (χ0) is 14.1. The molecule has 0 amide bonds. The molecule has 0 aromatic carbocycles. The van der Waals surface area contributed by atoms with Crippen molar-refractivity contribution in [3.63, 3.8) is 0 Å². The third kappa shape index (κ3) is 3.65. The number of hydrogen-bond donors (Lipinski definition) is 3. The third-order valence-corrected chi connectivity index (χ3v) is 6.31. The largest absolute Gasteiger partial charge is 0.480 e. The van der Waals surface area contributed by atoms with E-state index in [9.17, 15) is 18.3 Å². The van der Waals surface area contributed by atoms with Gasteiger partial charge in [-0.05, 0) is 28.9 Å². The smallest absolute Gasteiger partial charge is 0.324 e. The van der Waals surface area contributed by atoms with Crippen LogP contribution in [0.1, 0.15) is 6.92 Å². The van der Waals surface area contributed by atoms with E-state index in [1.54, 1.807) is 0 Å². The second-order valence-corrected chi connectivity index (χ2v) is 8.08. The fourth-order valence-electron chi connectivity index (χ4n) is 1.04. The van der Waals surface area contributed by atoms with Crippen LogP contribution in [0.5, 0.6) is 0 Å². The van der Waals surface area contributed by atoms with Crippen LogP contribution in [-0.2, 0) is 14.8 Å². The fraction of sp³-hybridized carbons (Fsp3) is 0.375. The first kappa shape index (κ1) is 15.9. The molecule has 1 heterocycles. The number of carboxylic acids is 1. The topological polar surface area (TPSA) is 104 Å². The molecular formula is C8H9BrClNO5S2. The van der Waals surface area contributed by atoms with Crippen LogP contribution in [-0.4, -0.2) is 36.7 Å². The Labute approximate surface area is 121 Å². The van der Waals surface area contributed by atoms with E-state index in [2.05, 4.69) is 15.9 Å². The lowest BCUT2D eigenvalue weighted by molar-refractivity contribution is -0.141. The zero-order valence-electron chi connectivity index (χ0n) is 8.92. The van der Waals surface area contributed by atoms with Crippen LogP contribution < -0.4 is 4.72 Å². The zero-order valence-corrected chi connectivity index (χ0v) is 12.9. The first-order chi connectivity index (χ1) is 8.15. The molecule has 3 N–H and O–H groups in total. The van der Waals surface area contributed by atoms with Gasteiger partial charge in [0.2, 0.25) is 0 Å². The van der Waals surface area contributed by atoms with Gasteiger partial charge in [0, 0.05) is 0 Å². The van der Waals surface area contributed by atoms with Gasteiger partial charge >= 0.3 is 5.97 Å². The molecule has 2 atom stereocenters. The molecule has 0 fully saturated rings. The van der Waals surface area contributed by atoms with Crippen LogP contribution in [0.3, 0.4) is 0 Å². The van der Waals surface area contributed by atoms with Crippen LogP contribution in [0.25, 0.3) is 0 Å². The van der Waals surface area contributed by atoms with Crippen LogP contribution in [0.4, 0.5) is 0 Å². The van der Waals surface area contributed by atoms with Crippen molar-refractivity contribution < 1.29 is 23.4 Å². The molecule has 1 aromatic heterocycles. The molecule has 1 rings (SSSR count). The first-order valence-electron chi connectivity index (χ1n) is 4.53. The molecule has 10 heteroatoms. The van der Waals surface area contributed by atoms with Gasteiger partial charge in [-0.2, -0.15) is 4.72 Å². The summed E-state index contributed by atoms with van der Waals surface area (Å²) in [5, 5.41) is 18.2. The molecule has 2 unspecified atom stereocenters. The van der Waals surface area contributed by atoms with Crippen molar-refractivity contribution in [2.45, 2.75) is 23.3 Å². The van der Waals surface area contributed by atoms with Crippen LogP contribution >= 0.6 is 38.9 Å². The summed E-state index contributed by atoms with van der Waals surface area (Å²) in [6.07, 6.45) is -1.36. The summed E-state index contributed by atoms with van der Waals surface area (Å²) >= 11 is 9.61. The number of nitrogens with one attached hydrogen (secondary N) is 1. The Balaban J connectivity index is 3.04. The highest BCUT2D eigenvalue weighted by atomic mass is 79.9. The van der Waals surface area contributed by atoms with Gasteiger partial charge < -0.3 is 10.2 Å². The number of hydrogen-bond acceptors (Lipinski definition) is 5. The minimum absolute atomic E-state index is 0.133. The standard InChI is InChI=1S/C8H9BrClNO5S2/c1-3(12)6(8(13)14)11-18(15,16)5-2-4(10)7(9)17-5/h2-3,6,11-12H,1H3,(H,13,14). The molecule has 0 radical (unpaired) electrons. The molecule has 0 saturated heterocycles. The Kier molecular flexibility index (Phi) is 5.15. The van der Waals surface area contributed by atoms with Crippen molar-refractivity contribution >= 4 is 54.9 Å². The molecular weight excluding hydrogens is 370 g/mol. The molecule has 18 heavy (non-hydrogen) atoms. The number of aliphatic carboxylic acids is 1. The normalized spacial score (nSPS) is 15.3. The average molecular weight is 379 g/mol. The summed E-state index contributed by atoms with van der Waals surface area (Å²) in [5.74, 6) is -1.46. The summed E-state index contributed by atoms with van der Waals surface area (Å²) in [7, 11) is -4.04. The van der Waals surface area contributed by atoms with E-state index in [1.807, 2.05) is 4.72 Å². The Bertz CT molecular complexity index is 536. The first-order valence-corrected chi connectivity index (χ1v) is 8.00. The Morgan fingerprint density at radius 2 is 2.17 bits per heavy atom. The van der Waals surface area contributed by atoms with E-state index in [4.69, 9.17) is 16.7 Å².